The summed E-state index contributed by atoms with van der Waals surface area (Å²) in [4.78, 5) is 23.4. The van der Waals surface area contributed by atoms with E-state index in [0.29, 0.717) is 24.4 Å². The van der Waals surface area contributed by atoms with E-state index in [1.807, 2.05) is 29.2 Å². The SMILES string of the molecule is COc1cccc(Cc2cnc(C3CCCCN3C(=O)c3cccnc3)o2)c1. The number of ether oxygens (including phenoxy) is 1. The molecular weight excluding hydrogens is 354 g/mol. The molecule has 0 bridgehead atoms. The molecule has 1 aliphatic heterocycles. The van der Waals surface area contributed by atoms with Crippen LogP contribution in [0.25, 0.3) is 0 Å². The summed E-state index contributed by atoms with van der Waals surface area (Å²) in [5, 5.41) is 0. The Bertz CT molecular complexity index is 939. The molecule has 1 saturated heterocycles. The van der Waals surface area contributed by atoms with Crippen molar-refractivity contribution in [1.29, 1.82) is 0 Å². The zero-order chi connectivity index (χ0) is 19.3. The Hall–Kier alpha value is -3.15. The summed E-state index contributed by atoms with van der Waals surface area (Å²) >= 11 is 0. The lowest BCUT2D eigenvalue weighted by Gasteiger charge is -2.33. The first-order valence-corrected chi connectivity index (χ1v) is 9.53. The third-order valence-corrected chi connectivity index (χ3v) is 5.04. The number of rotatable bonds is 5. The smallest absolute Gasteiger partial charge is 0.256 e. The molecule has 1 unspecified atom stereocenters. The van der Waals surface area contributed by atoms with E-state index in [9.17, 15) is 4.79 Å². The number of benzene rings is 1. The minimum absolute atomic E-state index is 0.0228. The normalized spacial score (nSPS) is 16.8. The van der Waals surface area contributed by atoms with Crippen LogP contribution in [0.1, 0.15) is 52.9 Å². The fraction of sp³-hybridized carbons (Fsp3) is 0.318. The van der Waals surface area contributed by atoms with Crippen molar-refractivity contribution in [2.75, 3.05) is 13.7 Å². The number of pyridine rings is 1. The van der Waals surface area contributed by atoms with Crippen molar-refractivity contribution in [2.24, 2.45) is 0 Å². The van der Waals surface area contributed by atoms with Crippen LogP contribution in [0.15, 0.2) is 59.4 Å². The summed E-state index contributed by atoms with van der Waals surface area (Å²) in [6, 6.07) is 11.3. The molecule has 6 heteroatoms. The zero-order valence-electron chi connectivity index (χ0n) is 15.9. The maximum atomic E-state index is 13.0. The van der Waals surface area contributed by atoms with E-state index in [4.69, 9.17) is 9.15 Å². The number of hydrogen-bond donors (Lipinski definition) is 0. The molecule has 1 amide bonds. The van der Waals surface area contributed by atoms with Gasteiger partial charge in [-0.1, -0.05) is 12.1 Å². The summed E-state index contributed by atoms with van der Waals surface area (Å²) in [5.41, 5.74) is 1.69. The summed E-state index contributed by atoms with van der Waals surface area (Å²) in [7, 11) is 1.66. The van der Waals surface area contributed by atoms with Gasteiger partial charge in [-0.3, -0.25) is 9.78 Å². The average molecular weight is 377 g/mol. The number of aromatic nitrogens is 2. The maximum Gasteiger partial charge on any atom is 0.256 e. The van der Waals surface area contributed by atoms with Crippen LogP contribution in [0.4, 0.5) is 0 Å². The number of oxazole rings is 1. The molecule has 1 fully saturated rings. The second-order valence-corrected chi connectivity index (χ2v) is 6.94. The molecule has 1 atom stereocenters. The van der Waals surface area contributed by atoms with E-state index >= 15 is 0 Å². The highest BCUT2D eigenvalue weighted by atomic mass is 16.5. The number of methoxy groups -OCH3 is 1. The lowest BCUT2D eigenvalue weighted by atomic mass is 10.0. The molecule has 0 N–H and O–H groups in total. The van der Waals surface area contributed by atoms with Gasteiger partial charge in [0.05, 0.1) is 18.9 Å². The molecule has 144 valence electrons. The minimum Gasteiger partial charge on any atom is -0.497 e. The van der Waals surface area contributed by atoms with Crippen LogP contribution < -0.4 is 4.74 Å². The Labute approximate surface area is 164 Å². The average Bonchev–Trinajstić information content (AvgIpc) is 3.22. The number of amides is 1. The predicted octanol–water partition coefficient (Wildman–Crippen LogP) is 4.04. The van der Waals surface area contributed by atoms with E-state index in [1.54, 1.807) is 37.8 Å². The van der Waals surface area contributed by atoms with E-state index < -0.39 is 0 Å². The number of carbonyl (C=O) groups excluding carboxylic acids is 1. The first kappa shape index (κ1) is 18.2. The Morgan fingerprint density at radius 2 is 2.18 bits per heavy atom. The Morgan fingerprint density at radius 1 is 1.25 bits per heavy atom. The van der Waals surface area contributed by atoms with Crippen molar-refractivity contribution in [3.8, 4) is 5.75 Å². The highest BCUT2D eigenvalue weighted by Crippen LogP contribution is 2.32. The number of piperidine rings is 1. The summed E-state index contributed by atoms with van der Waals surface area (Å²) in [5.74, 6) is 2.18. The van der Waals surface area contributed by atoms with Gasteiger partial charge in [0.2, 0.25) is 5.89 Å². The first-order chi connectivity index (χ1) is 13.7. The van der Waals surface area contributed by atoms with Gasteiger partial charge in [0, 0.05) is 25.4 Å². The molecule has 0 spiro atoms. The molecule has 3 heterocycles. The lowest BCUT2D eigenvalue weighted by molar-refractivity contribution is 0.0569. The van der Waals surface area contributed by atoms with E-state index in [0.717, 1.165) is 36.3 Å². The minimum atomic E-state index is -0.138. The molecular formula is C22H23N3O3. The summed E-state index contributed by atoms with van der Waals surface area (Å²) in [6.07, 6.45) is 8.56. The van der Waals surface area contributed by atoms with Crippen molar-refractivity contribution in [2.45, 2.75) is 31.7 Å². The summed E-state index contributed by atoms with van der Waals surface area (Å²) < 4.78 is 11.3. The topological polar surface area (TPSA) is 68.5 Å². The zero-order valence-corrected chi connectivity index (χ0v) is 15.9. The molecule has 2 aromatic heterocycles. The Balaban J connectivity index is 1.53. The van der Waals surface area contributed by atoms with Crippen molar-refractivity contribution in [3.63, 3.8) is 0 Å². The van der Waals surface area contributed by atoms with Crippen LogP contribution in [0, 0.1) is 0 Å². The molecule has 1 aliphatic rings. The molecule has 0 aliphatic carbocycles. The first-order valence-electron chi connectivity index (χ1n) is 9.53. The second kappa shape index (κ2) is 8.25. The van der Waals surface area contributed by atoms with Crippen LogP contribution in [0.2, 0.25) is 0 Å². The Morgan fingerprint density at radius 3 is 3.00 bits per heavy atom. The molecule has 4 rings (SSSR count). The number of carbonyl (C=O) groups is 1. The predicted molar refractivity (Wildman–Crippen MR) is 104 cm³/mol. The van der Waals surface area contributed by atoms with Gasteiger partial charge in [-0.25, -0.2) is 4.98 Å². The standard InChI is InChI=1S/C22H23N3O3/c1-27-18-8-4-6-16(12-18)13-19-15-24-21(28-19)20-9-2-3-11-25(20)22(26)17-7-5-10-23-14-17/h4-8,10,12,14-15,20H,2-3,9,11,13H2,1H3. The van der Waals surface area contributed by atoms with E-state index in [2.05, 4.69) is 9.97 Å². The van der Waals surface area contributed by atoms with Gasteiger partial charge >= 0.3 is 0 Å². The third-order valence-electron chi connectivity index (χ3n) is 5.04. The van der Waals surface area contributed by atoms with Crippen LogP contribution in [-0.2, 0) is 6.42 Å². The highest BCUT2D eigenvalue weighted by Gasteiger charge is 2.32. The van der Waals surface area contributed by atoms with Crippen LogP contribution >= 0.6 is 0 Å². The molecule has 1 aromatic carbocycles. The molecule has 28 heavy (non-hydrogen) atoms. The van der Waals surface area contributed by atoms with Crippen LogP contribution in [-0.4, -0.2) is 34.4 Å². The Kier molecular flexibility index (Phi) is 5.37. The maximum absolute atomic E-state index is 13.0. The number of likely N-dealkylation sites (tertiary alicyclic amines) is 1. The van der Waals surface area contributed by atoms with Gasteiger partial charge in [0.25, 0.3) is 5.91 Å². The van der Waals surface area contributed by atoms with Gasteiger partial charge in [-0.2, -0.15) is 0 Å². The van der Waals surface area contributed by atoms with Gasteiger partial charge in [-0.05, 0) is 49.1 Å². The molecule has 0 saturated carbocycles. The van der Waals surface area contributed by atoms with Crippen molar-refractivity contribution in [1.82, 2.24) is 14.9 Å². The quantitative estimate of drug-likeness (QED) is 0.671. The van der Waals surface area contributed by atoms with Crippen LogP contribution in [0.5, 0.6) is 5.75 Å². The van der Waals surface area contributed by atoms with Crippen LogP contribution in [0.3, 0.4) is 0 Å². The molecule has 6 nitrogen and oxygen atoms in total. The monoisotopic (exact) mass is 377 g/mol. The van der Waals surface area contributed by atoms with Gasteiger partial charge in [-0.15, -0.1) is 0 Å². The van der Waals surface area contributed by atoms with E-state index in [-0.39, 0.29) is 11.9 Å². The molecule has 0 radical (unpaired) electrons. The highest BCUT2D eigenvalue weighted by molar-refractivity contribution is 5.94. The number of hydrogen-bond acceptors (Lipinski definition) is 5. The fourth-order valence-corrected chi connectivity index (χ4v) is 3.63. The van der Waals surface area contributed by atoms with Crippen molar-refractivity contribution >= 4 is 5.91 Å². The van der Waals surface area contributed by atoms with Gasteiger partial charge < -0.3 is 14.1 Å². The lowest BCUT2D eigenvalue weighted by Crippen LogP contribution is -2.38. The number of nitrogens with zero attached hydrogens (tertiary/aromatic N) is 3. The van der Waals surface area contributed by atoms with E-state index in [1.165, 1.54) is 0 Å². The van der Waals surface area contributed by atoms with Crippen molar-refractivity contribution < 1.29 is 13.9 Å². The molecule has 3 aromatic rings. The fourth-order valence-electron chi connectivity index (χ4n) is 3.63. The summed E-state index contributed by atoms with van der Waals surface area (Å²) in [6.45, 7) is 0.700. The van der Waals surface area contributed by atoms with Crippen molar-refractivity contribution in [3.05, 3.63) is 77.8 Å². The van der Waals surface area contributed by atoms with Gasteiger partial charge in [0.15, 0.2) is 0 Å². The van der Waals surface area contributed by atoms with Gasteiger partial charge in [0.1, 0.15) is 17.6 Å². The third kappa shape index (κ3) is 3.91. The second-order valence-electron chi connectivity index (χ2n) is 6.94. The largest absolute Gasteiger partial charge is 0.497 e.